The molecule has 0 bridgehead atoms. The molecule has 1 aliphatic carbocycles. The quantitative estimate of drug-likeness (QED) is 0.299. The molecule has 2 aliphatic rings. The Bertz CT molecular complexity index is 917. The summed E-state index contributed by atoms with van der Waals surface area (Å²) in [6.07, 6.45) is 8.75. The average molecular weight is 446 g/mol. The van der Waals surface area contributed by atoms with Crippen LogP contribution in [0.2, 0.25) is 0 Å². The van der Waals surface area contributed by atoms with Gasteiger partial charge in [0.25, 0.3) is 11.6 Å². The maximum atomic E-state index is 13.1. The Morgan fingerprint density at radius 2 is 1.97 bits per heavy atom. The van der Waals surface area contributed by atoms with Crippen LogP contribution < -0.4 is 10.6 Å². The van der Waals surface area contributed by atoms with Gasteiger partial charge in [0.1, 0.15) is 5.69 Å². The first kappa shape index (κ1) is 22.7. The van der Waals surface area contributed by atoms with Crippen molar-refractivity contribution < 1.29 is 14.5 Å². The van der Waals surface area contributed by atoms with Crippen molar-refractivity contribution in [2.75, 3.05) is 25.0 Å². The van der Waals surface area contributed by atoms with Gasteiger partial charge in [0.15, 0.2) is 5.11 Å². The second kappa shape index (κ2) is 10.3. The molecule has 10 heteroatoms. The minimum atomic E-state index is -0.615. The van der Waals surface area contributed by atoms with E-state index in [1.807, 2.05) is 0 Å². The number of nitrogens with zero attached hydrogens (tertiary/aromatic N) is 3. The minimum Gasteiger partial charge on any atom is -0.361 e. The first-order valence-corrected chi connectivity index (χ1v) is 10.9. The van der Waals surface area contributed by atoms with Crippen molar-refractivity contribution in [2.24, 2.45) is 0 Å². The molecule has 2 amide bonds. The Balaban J connectivity index is 1.66. The number of rotatable bonds is 6. The lowest BCUT2D eigenvalue weighted by molar-refractivity contribution is -0.384. The lowest BCUT2D eigenvalue weighted by Gasteiger charge is -2.30. The molecule has 1 fully saturated rings. The molecule has 2 N–H and O–H groups in total. The van der Waals surface area contributed by atoms with E-state index in [2.05, 4.69) is 16.7 Å². The number of carbonyl (C=O) groups excluding carboxylic acids is 2. The van der Waals surface area contributed by atoms with E-state index >= 15 is 0 Å². The average Bonchev–Trinajstić information content (AvgIpc) is 3.23. The third-order valence-electron chi connectivity index (χ3n) is 5.36. The third-order valence-corrected chi connectivity index (χ3v) is 5.71. The van der Waals surface area contributed by atoms with Gasteiger partial charge in [0.2, 0.25) is 5.91 Å². The van der Waals surface area contributed by atoms with E-state index in [1.54, 1.807) is 5.01 Å². The van der Waals surface area contributed by atoms with E-state index in [4.69, 9.17) is 12.2 Å². The SMILES string of the molecule is CC(=O)Nc1ccc(C(=O)N2CCCN2C(=S)NCCC2=CCCCC2)cc1[N+](=O)[O-]. The predicted octanol–water partition coefficient (Wildman–Crippen LogP) is 3.38. The van der Waals surface area contributed by atoms with Crippen molar-refractivity contribution in [3.63, 3.8) is 0 Å². The summed E-state index contributed by atoms with van der Waals surface area (Å²) in [6.45, 7) is 3.06. The fraction of sp³-hybridized carbons (Fsp3) is 0.476. The Hall–Kier alpha value is -3.01. The Labute approximate surface area is 186 Å². The molecular weight excluding hydrogens is 418 g/mol. The van der Waals surface area contributed by atoms with Crippen LogP contribution in [-0.4, -0.2) is 51.5 Å². The highest BCUT2D eigenvalue weighted by atomic mass is 32.1. The van der Waals surface area contributed by atoms with E-state index in [1.165, 1.54) is 48.5 Å². The van der Waals surface area contributed by atoms with Gasteiger partial charge in [0.05, 0.1) is 4.92 Å². The summed E-state index contributed by atoms with van der Waals surface area (Å²) in [7, 11) is 0. The lowest BCUT2D eigenvalue weighted by Crippen LogP contribution is -2.49. The molecule has 1 aromatic carbocycles. The van der Waals surface area contributed by atoms with Crippen LogP contribution in [0.5, 0.6) is 0 Å². The van der Waals surface area contributed by atoms with Crippen molar-refractivity contribution in [1.82, 2.24) is 15.3 Å². The van der Waals surface area contributed by atoms with Crippen molar-refractivity contribution in [2.45, 2.75) is 45.4 Å². The molecule has 1 aromatic rings. The topological polar surface area (TPSA) is 108 Å². The highest BCUT2D eigenvalue weighted by Gasteiger charge is 2.30. The Morgan fingerprint density at radius 1 is 1.19 bits per heavy atom. The Morgan fingerprint density at radius 3 is 2.65 bits per heavy atom. The molecule has 0 unspecified atom stereocenters. The van der Waals surface area contributed by atoms with Gasteiger partial charge in [-0.05, 0) is 62.9 Å². The van der Waals surface area contributed by atoms with E-state index < -0.39 is 10.8 Å². The van der Waals surface area contributed by atoms with Crippen molar-refractivity contribution >= 4 is 40.5 Å². The zero-order chi connectivity index (χ0) is 22.4. The van der Waals surface area contributed by atoms with Gasteiger partial charge < -0.3 is 10.6 Å². The summed E-state index contributed by atoms with van der Waals surface area (Å²) in [6, 6.07) is 4.04. The van der Waals surface area contributed by atoms with Crippen LogP contribution in [0.3, 0.4) is 0 Å². The third kappa shape index (κ3) is 5.78. The number of nitro benzene ring substituents is 1. The summed E-state index contributed by atoms with van der Waals surface area (Å²) < 4.78 is 0. The number of anilines is 1. The fourth-order valence-electron chi connectivity index (χ4n) is 3.85. The number of thiocarbonyl (C=S) groups is 1. The highest BCUT2D eigenvalue weighted by molar-refractivity contribution is 7.80. The minimum absolute atomic E-state index is 0.0570. The number of hydrogen-bond acceptors (Lipinski definition) is 5. The van der Waals surface area contributed by atoms with E-state index in [0.717, 1.165) is 25.7 Å². The molecule has 1 aliphatic heterocycles. The standard InChI is InChI=1S/C21H27N5O4S/c1-15(27)23-18-9-8-17(14-19(18)26(29)30)20(28)24-12-5-13-25(24)21(31)22-11-10-16-6-3-2-4-7-16/h6,8-9,14H,2-5,7,10-13H2,1H3,(H,22,31)(H,23,27). The number of amides is 2. The molecule has 0 atom stereocenters. The van der Waals surface area contributed by atoms with Gasteiger partial charge >= 0.3 is 0 Å². The summed E-state index contributed by atoms with van der Waals surface area (Å²) in [5.41, 5.74) is 1.35. The molecule has 31 heavy (non-hydrogen) atoms. The summed E-state index contributed by atoms with van der Waals surface area (Å²) in [5.74, 6) is -0.789. The lowest BCUT2D eigenvalue weighted by atomic mass is 9.97. The van der Waals surface area contributed by atoms with E-state index in [0.29, 0.717) is 24.7 Å². The summed E-state index contributed by atoms with van der Waals surface area (Å²) in [5, 5.41) is 20.8. The smallest absolute Gasteiger partial charge is 0.293 e. The maximum Gasteiger partial charge on any atom is 0.293 e. The largest absolute Gasteiger partial charge is 0.361 e. The van der Waals surface area contributed by atoms with Gasteiger partial charge in [-0.2, -0.15) is 0 Å². The monoisotopic (exact) mass is 445 g/mol. The van der Waals surface area contributed by atoms with E-state index in [9.17, 15) is 19.7 Å². The fourth-order valence-corrected chi connectivity index (χ4v) is 4.14. The first-order valence-electron chi connectivity index (χ1n) is 10.5. The molecule has 0 radical (unpaired) electrons. The second-order valence-corrected chi connectivity index (χ2v) is 8.05. The number of carbonyl (C=O) groups is 2. The van der Waals surface area contributed by atoms with Crippen LogP contribution in [0.1, 0.15) is 55.8 Å². The zero-order valence-corrected chi connectivity index (χ0v) is 18.4. The normalized spacial score (nSPS) is 16.0. The Kier molecular flexibility index (Phi) is 7.56. The van der Waals surface area contributed by atoms with Gasteiger partial charge in [-0.1, -0.05) is 11.6 Å². The summed E-state index contributed by atoms with van der Waals surface area (Å²) >= 11 is 5.51. The van der Waals surface area contributed by atoms with Crippen LogP contribution in [0.4, 0.5) is 11.4 Å². The zero-order valence-electron chi connectivity index (χ0n) is 17.6. The number of nitro groups is 1. The number of nitrogens with one attached hydrogen (secondary N) is 2. The van der Waals surface area contributed by atoms with Crippen LogP contribution >= 0.6 is 12.2 Å². The second-order valence-electron chi connectivity index (χ2n) is 7.67. The number of hydrazine groups is 1. The molecule has 166 valence electrons. The van der Waals surface area contributed by atoms with Gasteiger partial charge in [0, 0.05) is 38.2 Å². The van der Waals surface area contributed by atoms with Crippen molar-refractivity contribution in [3.05, 3.63) is 45.5 Å². The molecule has 1 saturated heterocycles. The highest BCUT2D eigenvalue weighted by Crippen LogP contribution is 2.27. The van der Waals surface area contributed by atoms with Gasteiger partial charge in [-0.25, -0.2) is 5.01 Å². The number of benzene rings is 1. The number of hydrogen-bond donors (Lipinski definition) is 2. The molecule has 0 aromatic heterocycles. The molecule has 0 spiro atoms. The van der Waals surface area contributed by atoms with Crippen molar-refractivity contribution in [3.8, 4) is 0 Å². The van der Waals surface area contributed by atoms with Gasteiger partial charge in [-0.3, -0.25) is 24.7 Å². The van der Waals surface area contributed by atoms with Crippen LogP contribution in [0, 0.1) is 10.1 Å². The predicted molar refractivity (Wildman–Crippen MR) is 122 cm³/mol. The molecule has 1 heterocycles. The van der Waals surface area contributed by atoms with Crippen LogP contribution in [0.15, 0.2) is 29.8 Å². The van der Waals surface area contributed by atoms with Crippen LogP contribution in [-0.2, 0) is 4.79 Å². The van der Waals surface area contributed by atoms with Crippen LogP contribution in [0.25, 0.3) is 0 Å². The molecule has 3 rings (SSSR count). The summed E-state index contributed by atoms with van der Waals surface area (Å²) in [4.78, 5) is 35.1. The molecular formula is C21H27N5O4S. The van der Waals surface area contributed by atoms with E-state index in [-0.39, 0.29) is 22.8 Å². The number of allylic oxidation sites excluding steroid dienone is 1. The molecule has 9 nitrogen and oxygen atoms in total. The molecule has 0 saturated carbocycles. The van der Waals surface area contributed by atoms with Gasteiger partial charge in [-0.15, -0.1) is 0 Å². The first-order chi connectivity index (χ1) is 14.9. The van der Waals surface area contributed by atoms with Crippen molar-refractivity contribution in [1.29, 1.82) is 0 Å². The maximum absolute atomic E-state index is 13.1.